The fraction of sp³-hybridized carbons (Fsp3) is 0.333. The van der Waals surface area contributed by atoms with Gasteiger partial charge >= 0.3 is 6.36 Å². The maximum atomic E-state index is 12.5. The van der Waals surface area contributed by atoms with E-state index in [-0.39, 0.29) is 18.4 Å². The zero-order valence-electron chi connectivity index (χ0n) is 16.9. The first-order chi connectivity index (χ1) is 15.3. The number of carbonyl (C=O) groups is 1. The van der Waals surface area contributed by atoms with E-state index in [2.05, 4.69) is 32.3 Å². The highest BCUT2D eigenvalue weighted by atomic mass is 32.1. The summed E-state index contributed by atoms with van der Waals surface area (Å²) >= 11 is 4.47. The van der Waals surface area contributed by atoms with Crippen molar-refractivity contribution in [2.24, 2.45) is 0 Å². The molecule has 2 aromatic heterocycles. The molecule has 1 aromatic carbocycles. The molecule has 1 atom stereocenters. The lowest BCUT2D eigenvalue weighted by Crippen LogP contribution is -2.17. The van der Waals surface area contributed by atoms with Crippen molar-refractivity contribution in [3.05, 3.63) is 53.9 Å². The van der Waals surface area contributed by atoms with Crippen molar-refractivity contribution in [2.45, 2.75) is 43.1 Å². The van der Waals surface area contributed by atoms with E-state index >= 15 is 0 Å². The monoisotopic (exact) mass is 464 g/mol. The number of halogens is 3. The van der Waals surface area contributed by atoms with Crippen molar-refractivity contribution in [2.75, 3.05) is 6.61 Å². The van der Waals surface area contributed by atoms with E-state index in [1.807, 2.05) is 4.57 Å². The third kappa shape index (κ3) is 4.87. The molecule has 11 heteroatoms. The predicted octanol–water partition coefficient (Wildman–Crippen LogP) is 4.48. The smallest absolute Gasteiger partial charge is 0.467 e. The molecular weight excluding hydrogens is 445 g/mol. The van der Waals surface area contributed by atoms with Crippen LogP contribution in [-0.4, -0.2) is 39.0 Å². The van der Waals surface area contributed by atoms with Gasteiger partial charge in [0.1, 0.15) is 23.2 Å². The molecule has 1 aliphatic rings. The number of nitrogens with zero attached hydrogens (tertiary/aromatic N) is 4. The molecule has 1 unspecified atom stereocenters. The third-order valence-electron chi connectivity index (χ3n) is 5.09. The Morgan fingerprint density at radius 3 is 2.56 bits per heavy atom. The van der Waals surface area contributed by atoms with Gasteiger partial charge in [-0.25, -0.2) is 15.0 Å². The minimum Gasteiger partial charge on any atom is -0.467 e. The minimum atomic E-state index is -4.78. The van der Waals surface area contributed by atoms with Crippen LogP contribution < -0.4 is 4.74 Å². The first-order valence-corrected chi connectivity index (χ1v) is 10.2. The topological polar surface area (TPSA) is 79.1 Å². The minimum absolute atomic E-state index is 0.0248. The highest BCUT2D eigenvalue weighted by Gasteiger charge is 2.34. The molecule has 3 aromatic rings. The molecule has 1 fully saturated rings. The molecule has 1 aliphatic carbocycles. The number of imidazole rings is 1. The Bertz CT molecular complexity index is 1110. The van der Waals surface area contributed by atoms with E-state index in [9.17, 15) is 18.0 Å². The lowest BCUT2D eigenvalue weighted by molar-refractivity contribution is -0.274. The lowest BCUT2D eigenvalue weighted by atomic mass is 9.93. The number of benzene rings is 1. The number of hydrogen-bond acceptors (Lipinski definition) is 7. The summed E-state index contributed by atoms with van der Waals surface area (Å²) in [4.78, 5) is 24.1. The maximum absolute atomic E-state index is 12.5. The summed E-state index contributed by atoms with van der Waals surface area (Å²) in [5.74, 6) is -0.271. The first-order valence-electron chi connectivity index (χ1n) is 9.77. The molecule has 7 nitrogen and oxygen atoms in total. The average Bonchev–Trinajstić information content (AvgIpc) is 3.48. The van der Waals surface area contributed by atoms with Gasteiger partial charge in [-0.15, -0.1) is 25.8 Å². The molecule has 0 spiro atoms. The molecule has 1 saturated carbocycles. The molecule has 32 heavy (non-hydrogen) atoms. The van der Waals surface area contributed by atoms with Gasteiger partial charge in [-0.05, 0) is 37.5 Å². The van der Waals surface area contributed by atoms with Gasteiger partial charge in [0.05, 0.1) is 29.2 Å². The standard InChI is InChI=1S/C21H19F3N4O3S/c1-12-25-8-16(20(32)27-12)18-19(28(10-26-18)14-4-5-14)17(9-30-11-29)13-2-6-15(7-3-13)31-21(22,23)24/h2-3,6-8,10-11,14,17H,4-5,9H2,1H3,(H,25,27,32). The number of rotatable bonds is 8. The summed E-state index contributed by atoms with van der Waals surface area (Å²) in [6.45, 7) is 2.06. The van der Waals surface area contributed by atoms with Gasteiger partial charge in [-0.3, -0.25) is 4.79 Å². The highest BCUT2D eigenvalue weighted by Crippen LogP contribution is 2.43. The van der Waals surface area contributed by atoms with Crippen LogP contribution in [0.1, 0.15) is 41.9 Å². The summed E-state index contributed by atoms with van der Waals surface area (Å²) in [6, 6.07) is 5.73. The Balaban J connectivity index is 1.79. The Hall–Kier alpha value is -3.08. The van der Waals surface area contributed by atoms with Crippen LogP contribution in [0.15, 0.2) is 41.8 Å². The van der Waals surface area contributed by atoms with Gasteiger partial charge in [-0.2, -0.15) is 0 Å². The number of carbonyl (C=O) groups excluding carboxylic acids is 1. The van der Waals surface area contributed by atoms with Crippen molar-refractivity contribution in [1.82, 2.24) is 19.5 Å². The van der Waals surface area contributed by atoms with Gasteiger partial charge in [0, 0.05) is 12.2 Å². The first kappa shape index (κ1) is 22.1. The van der Waals surface area contributed by atoms with E-state index in [0.717, 1.165) is 18.5 Å². The highest BCUT2D eigenvalue weighted by molar-refractivity contribution is 7.80. The zero-order valence-corrected chi connectivity index (χ0v) is 17.8. The number of aryl methyl sites for hydroxylation is 1. The molecule has 2 heterocycles. The Kier molecular flexibility index (Phi) is 6.09. The molecule has 168 valence electrons. The maximum Gasteiger partial charge on any atom is 0.573 e. The second-order valence-electron chi connectivity index (χ2n) is 7.37. The van der Waals surface area contributed by atoms with Crippen LogP contribution in [0.4, 0.5) is 13.2 Å². The van der Waals surface area contributed by atoms with E-state index in [4.69, 9.17) is 4.74 Å². The fourth-order valence-corrected chi connectivity index (χ4v) is 3.87. The largest absolute Gasteiger partial charge is 0.573 e. The van der Waals surface area contributed by atoms with Crippen molar-refractivity contribution in [3.63, 3.8) is 0 Å². The number of ether oxygens (including phenoxy) is 2. The molecule has 0 saturated heterocycles. The lowest BCUT2D eigenvalue weighted by Gasteiger charge is -2.21. The van der Waals surface area contributed by atoms with Crippen molar-refractivity contribution < 1.29 is 27.4 Å². The molecular formula is C21H19F3N4O3S. The average molecular weight is 464 g/mol. The quantitative estimate of drug-likeness (QED) is 0.301. The zero-order chi connectivity index (χ0) is 22.9. The van der Waals surface area contributed by atoms with Crippen LogP contribution in [0.5, 0.6) is 5.75 Å². The van der Waals surface area contributed by atoms with Gasteiger partial charge in [0.15, 0.2) is 0 Å². The van der Waals surface area contributed by atoms with Crippen molar-refractivity contribution >= 4 is 19.1 Å². The van der Waals surface area contributed by atoms with E-state index in [1.54, 1.807) is 19.4 Å². The van der Waals surface area contributed by atoms with E-state index < -0.39 is 12.3 Å². The summed E-state index contributed by atoms with van der Waals surface area (Å²) in [6.07, 6.45) is 0.505. The Labute approximate surface area is 187 Å². The molecule has 0 N–H and O–H groups in total. The number of thiol groups is 1. The Morgan fingerprint density at radius 1 is 1.25 bits per heavy atom. The van der Waals surface area contributed by atoms with Crippen LogP contribution in [-0.2, 0) is 9.53 Å². The van der Waals surface area contributed by atoms with Crippen LogP contribution >= 0.6 is 12.6 Å². The van der Waals surface area contributed by atoms with Gasteiger partial charge < -0.3 is 14.0 Å². The number of aromatic nitrogens is 4. The van der Waals surface area contributed by atoms with Crippen LogP contribution in [0, 0.1) is 6.92 Å². The fourth-order valence-electron chi connectivity index (χ4n) is 3.56. The van der Waals surface area contributed by atoms with Crippen LogP contribution in [0.25, 0.3) is 11.3 Å². The number of hydrogen-bond donors (Lipinski definition) is 1. The van der Waals surface area contributed by atoms with E-state index in [1.165, 1.54) is 24.3 Å². The molecule has 0 amide bonds. The normalized spacial score (nSPS) is 14.8. The summed E-state index contributed by atoms with van der Waals surface area (Å²) in [5.41, 5.74) is 2.58. The summed E-state index contributed by atoms with van der Waals surface area (Å²) < 4.78 is 48.7. The molecule has 0 radical (unpaired) electrons. The molecule has 0 bridgehead atoms. The van der Waals surface area contributed by atoms with Gasteiger partial charge in [-0.1, -0.05) is 12.1 Å². The SMILES string of the molecule is Cc1ncc(-c2ncn(C3CC3)c2C(COC=O)c2ccc(OC(F)(F)F)cc2)c(S)n1. The van der Waals surface area contributed by atoms with Crippen LogP contribution in [0.3, 0.4) is 0 Å². The second kappa shape index (κ2) is 8.81. The van der Waals surface area contributed by atoms with Crippen molar-refractivity contribution in [1.29, 1.82) is 0 Å². The van der Waals surface area contributed by atoms with Crippen molar-refractivity contribution in [3.8, 4) is 17.0 Å². The van der Waals surface area contributed by atoms with E-state index in [0.29, 0.717) is 34.1 Å². The predicted molar refractivity (Wildman–Crippen MR) is 110 cm³/mol. The molecule has 0 aliphatic heterocycles. The van der Waals surface area contributed by atoms with Gasteiger partial charge in [0.25, 0.3) is 6.47 Å². The molecule has 4 rings (SSSR count). The summed E-state index contributed by atoms with van der Waals surface area (Å²) in [5, 5.41) is 0.448. The second-order valence-corrected chi connectivity index (χ2v) is 7.79. The van der Waals surface area contributed by atoms with Gasteiger partial charge in [0.2, 0.25) is 0 Å². The summed E-state index contributed by atoms with van der Waals surface area (Å²) in [7, 11) is 0. The Morgan fingerprint density at radius 2 is 1.97 bits per heavy atom. The number of alkyl halides is 3. The van der Waals surface area contributed by atoms with Crippen LogP contribution in [0.2, 0.25) is 0 Å². The third-order valence-corrected chi connectivity index (χ3v) is 5.43.